The minimum Gasteiger partial charge on any atom is -0.472 e. The van der Waals surface area contributed by atoms with Crippen LogP contribution in [0.3, 0.4) is 0 Å². The summed E-state index contributed by atoms with van der Waals surface area (Å²) in [4.78, 5) is 5.12. The lowest BCUT2D eigenvalue weighted by molar-refractivity contribution is 0.133. The lowest BCUT2D eigenvalue weighted by atomic mass is 10.3. The van der Waals surface area contributed by atoms with Crippen LogP contribution in [-0.2, 0) is 6.54 Å². The van der Waals surface area contributed by atoms with Gasteiger partial charge in [0.05, 0.1) is 12.5 Å². The normalized spacial score (nSPS) is 18.3. The summed E-state index contributed by atoms with van der Waals surface area (Å²) in [6.07, 6.45) is 4.80. The first-order valence-corrected chi connectivity index (χ1v) is 7.05. The second-order valence-corrected chi connectivity index (χ2v) is 4.99. The summed E-state index contributed by atoms with van der Waals surface area (Å²) in [6, 6.07) is 2.01. The zero-order valence-corrected chi connectivity index (χ0v) is 11.4. The molecule has 0 amide bonds. The average molecular weight is 251 g/mol. The number of hydrogen-bond donors (Lipinski definition) is 1. The summed E-state index contributed by atoms with van der Waals surface area (Å²) in [7, 11) is 0. The van der Waals surface area contributed by atoms with Crippen molar-refractivity contribution >= 4 is 0 Å². The Hall–Kier alpha value is -0.840. The van der Waals surface area contributed by atoms with Gasteiger partial charge in [-0.2, -0.15) is 0 Å². The maximum Gasteiger partial charge on any atom is 0.0947 e. The van der Waals surface area contributed by atoms with Crippen molar-refractivity contribution in [3.8, 4) is 0 Å². The van der Waals surface area contributed by atoms with Crippen molar-refractivity contribution < 1.29 is 4.42 Å². The van der Waals surface area contributed by atoms with E-state index in [2.05, 4.69) is 22.0 Å². The van der Waals surface area contributed by atoms with E-state index in [0.717, 1.165) is 19.6 Å². The van der Waals surface area contributed by atoms with Crippen LogP contribution in [0.5, 0.6) is 0 Å². The third-order valence-electron chi connectivity index (χ3n) is 3.52. The molecule has 0 bridgehead atoms. The van der Waals surface area contributed by atoms with Crippen molar-refractivity contribution in [3.05, 3.63) is 24.2 Å². The molecule has 1 aromatic rings. The maximum absolute atomic E-state index is 5.04. The van der Waals surface area contributed by atoms with Gasteiger partial charge in [-0.15, -0.1) is 0 Å². The van der Waals surface area contributed by atoms with Gasteiger partial charge in [0.15, 0.2) is 0 Å². The Morgan fingerprint density at radius 2 is 1.89 bits per heavy atom. The second-order valence-electron chi connectivity index (χ2n) is 4.99. The summed E-state index contributed by atoms with van der Waals surface area (Å²) in [5.74, 6) is 0. The molecular weight excluding hydrogens is 226 g/mol. The molecule has 0 radical (unpaired) electrons. The Morgan fingerprint density at radius 1 is 1.17 bits per heavy atom. The minimum absolute atomic E-state index is 0.909. The Labute approximate surface area is 110 Å². The van der Waals surface area contributed by atoms with Crippen LogP contribution < -0.4 is 5.32 Å². The van der Waals surface area contributed by atoms with Crippen molar-refractivity contribution in [2.75, 3.05) is 45.8 Å². The first-order valence-electron chi connectivity index (χ1n) is 7.05. The predicted octanol–water partition coefficient (Wildman–Crippen LogP) is 1.40. The molecule has 0 unspecified atom stereocenters. The molecule has 0 saturated carbocycles. The summed E-state index contributed by atoms with van der Waals surface area (Å²) < 4.78 is 5.04. The van der Waals surface area contributed by atoms with E-state index < -0.39 is 0 Å². The van der Waals surface area contributed by atoms with Gasteiger partial charge in [0.2, 0.25) is 0 Å². The topological polar surface area (TPSA) is 31.6 Å². The fourth-order valence-corrected chi connectivity index (χ4v) is 2.42. The monoisotopic (exact) mass is 251 g/mol. The zero-order chi connectivity index (χ0) is 12.6. The van der Waals surface area contributed by atoms with Crippen LogP contribution in [0.2, 0.25) is 0 Å². The van der Waals surface area contributed by atoms with Gasteiger partial charge < -0.3 is 14.6 Å². The fourth-order valence-electron chi connectivity index (χ4n) is 2.42. The number of piperazine rings is 1. The molecule has 1 fully saturated rings. The molecule has 0 aromatic carbocycles. The smallest absolute Gasteiger partial charge is 0.0947 e. The molecule has 1 N–H and O–H groups in total. The first-order chi connectivity index (χ1) is 8.88. The quantitative estimate of drug-likeness (QED) is 0.742. The van der Waals surface area contributed by atoms with Crippen LogP contribution >= 0.6 is 0 Å². The highest BCUT2D eigenvalue weighted by atomic mass is 16.3. The van der Waals surface area contributed by atoms with Crippen molar-refractivity contribution in [2.45, 2.75) is 19.9 Å². The van der Waals surface area contributed by atoms with Gasteiger partial charge in [-0.1, -0.05) is 6.92 Å². The van der Waals surface area contributed by atoms with Gasteiger partial charge in [-0.05, 0) is 19.0 Å². The van der Waals surface area contributed by atoms with E-state index in [1.807, 2.05) is 6.07 Å². The summed E-state index contributed by atoms with van der Waals surface area (Å²) >= 11 is 0. The van der Waals surface area contributed by atoms with Gasteiger partial charge in [0.1, 0.15) is 0 Å². The van der Waals surface area contributed by atoms with Crippen molar-refractivity contribution in [3.63, 3.8) is 0 Å². The molecule has 1 aliphatic heterocycles. The summed E-state index contributed by atoms with van der Waals surface area (Å²) in [5, 5.41) is 3.46. The van der Waals surface area contributed by atoms with Gasteiger partial charge in [-0.25, -0.2) is 0 Å². The Balaban J connectivity index is 1.53. The highest BCUT2D eigenvalue weighted by Gasteiger charge is 2.14. The van der Waals surface area contributed by atoms with E-state index in [0.29, 0.717) is 0 Å². The predicted molar refractivity (Wildman–Crippen MR) is 73.6 cm³/mol. The summed E-state index contributed by atoms with van der Waals surface area (Å²) in [5.41, 5.74) is 1.22. The highest BCUT2D eigenvalue weighted by molar-refractivity contribution is 5.04. The van der Waals surface area contributed by atoms with Crippen LogP contribution in [0.25, 0.3) is 0 Å². The number of nitrogens with one attached hydrogen (secondary N) is 1. The van der Waals surface area contributed by atoms with Crippen LogP contribution in [0.4, 0.5) is 0 Å². The minimum atomic E-state index is 0.909. The molecule has 102 valence electrons. The molecular formula is C14H25N3O. The molecule has 0 spiro atoms. The molecule has 1 saturated heterocycles. The molecule has 2 rings (SSSR count). The molecule has 18 heavy (non-hydrogen) atoms. The first kappa shape index (κ1) is 13.6. The van der Waals surface area contributed by atoms with E-state index in [-0.39, 0.29) is 0 Å². The number of nitrogens with zero attached hydrogens (tertiary/aromatic N) is 2. The molecule has 2 heterocycles. The maximum atomic E-state index is 5.04. The molecule has 0 atom stereocenters. The van der Waals surface area contributed by atoms with Crippen LogP contribution in [0, 0.1) is 0 Å². The van der Waals surface area contributed by atoms with Crippen molar-refractivity contribution in [2.24, 2.45) is 0 Å². The Morgan fingerprint density at radius 3 is 2.50 bits per heavy atom. The SMILES string of the molecule is CCCN1CCN(CCNCc2ccoc2)CC1. The Bertz CT molecular complexity index is 305. The molecule has 0 aliphatic carbocycles. The largest absolute Gasteiger partial charge is 0.472 e. The van der Waals surface area contributed by atoms with Crippen LogP contribution in [0.1, 0.15) is 18.9 Å². The standard InChI is InChI=1S/C14H25N3O/c1-2-5-16-7-9-17(10-8-16)6-4-15-12-14-3-11-18-13-14/h3,11,13,15H,2,4-10,12H2,1H3. The molecule has 4 nitrogen and oxygen atoms in total. The lowest BCUT2D eigenvalue weighted by Gasteiger charge is -2.34. The van der Waals surface area contributed by atoms with Crippen LogP contribution in [-0.4, -0.2) is 55.6 Å². The second kappa shape index (κ2) is 7.56. The third-order valence-corrected chi connectivity index (χ3v) is 3.52. The molecule has 1 aromatic heterocycles. The summed E-state index contributed by atoms with van der Waals surface area (Å²) in [6.45, 7) is 11.5. The fraction of sp³-hybridized carbons (Fsp3) is 0.714. The third kappa shape index (κ3) is 4.44. The van der Waals surface area contributed by atoms with Gasteiger partial charge >= 0.3 is 0 Å². The van der Waals surface area contributed by atoms with Crippen molar-refractivity contribution in [1.29, 1.82) is 0 Å². The van der Waals surface area contributed by atoms with E-state index in [9.17, 15) is 0 Å². The van der Waals surface area contributed by atoms with Gasteiger partial charge in [0.25, 0.3) is 0 Å². The number of rotatable bonds is 7. The number of hydrogen-bond acceptors (Lipinski definition) is 4. The zero-order valence-electron chi connectivity index (χ0n) is 11.4. The number of furan rings is 1. The van der Waals surface area contributed by atoms with Gasteiger partial charge in [-0.3, -0.25) is 4.90 Å². The average Bonchev–Trinajstić information content (AvgIpc) is 2.90. The van der Waals surface area contributed by atoms with E-state index in [4.69, 9.17) is 4.42 Å². The molecule has 1 aliphatic rings. The van der Waals surface area contributed by atoms with E-state index in [1.165, 1.54) is 44.7 Å². The molecule has 4 heteroatoms. The van der Waals surface area contributed by atoms with Gasteiger partial charge in [0, 0.05) is 51.4 Å². The van der Waals surface area contributed by atoms with Crippen LogP contribution in [0.15, 0.2) is 23.0 Å². The van der Waals surface area contributed by atoms with Crippen molar-refractivity contribution in [1.82, 2.24) is 15.1 Å². The highest BCUT2D eigenvalue weighted by Crippen LogP contribution is 2.02. The lowest BCUT2D eigenvalue weighted by Crippen LogP contribution is -2.48. The van der Waals surface area contributed by atoms with E-state index >= 15 is 0 Å². The Kier molecular flexibility index (Phi) is 5.71. The van der Waals surface area contributed by atoms with E-state index in [1.54, 1.807) is 12.5 Å².